The number of hydrogen-bond acceptors (Lipinski definition) is 5. The molecule has 0 aliphatic carbocycles. The van der Waals surface area contributed by atoms with Crippen molar-refractivity contribution in [3.05, 3.63) is 0 Å². The Bertz CT molecular complexity index is 301. The van der Waals surface area contributed by atoms with Crippen molar-refractivity contribution in [2.45, 2.75) is 58.8 Å². The maximum Gasteiger partial charge on any atom is 0.325 e. The summed E-state index contributed by atoms with van der Waals surface area (Å²) in [5.74, 6) is 0.364. The lowest BCUT2D eigenvalue weighted by atomic mass is 9.92. The van der Waals surface area contributed by atoms with Crippen LogP contribution in [0.3, 0.4) is 0 Å². The molecule has 1 fully saturated rings. The smallest absolute Gasteiger partial charge is 0.325 e. The van der Waals surface area contributed by atoms with Crippen molar-refractivity contribution in [3.8, 4) is 0 Å². The first-order valence-corrected chi connectivity index (χ1v) is 7.61. The van der Waals surface area contributed by atoms with Gasteiger partial charge in [-0.25, -0.2) is 0 Å². The molecule has 0 aromatic heterocycles. The molecule has 126 valence electrons. The summed E-state index contributed by atoms with van der Waals surface area (Å²) in [6, 6.07) is -0.707. The molecular formula is C15H30ClNO4. The van der Waals surface area contributed by atoms with Crippen molar-refractivity contribution >= 4 is 18.4 Å². The molecule has 0 aromatic carbocycles. The van der Waals surface area contributed by atoms with E-state index >= 15 is 0 Å². The second kappa shape index (κ2) is 10.4. The highest BCUT2D eigenvalue weighted by Gasteiger charge is 2.31. The Morgan fingerprint density at radius 2 is 2.10 bits per heavy atom. The number of rotatable bonds is 4. The van der Waals surface area contributed by atoms with Gasteiger partial charge in [-0.3, -0.25) is 4.79 Å². The number of hydrogen-bond donors (Lipinski definition) is 1. The van der Waals surface area contributed by atoms with Crippen molar-refractivity contribution in [1.82, 2.24) is 0 Å². The third-order valence-corrected chi connectivity index (χ3v) is 3.61. The number of nitrogens with two attached hydrogens (primary N) is 1. The molecule has 0 radical (unpaired) electrons. The van der Waals surface area contributed by atoms with Gasteiger partial charge in [0.1, 0.15) is 12.1 Å². The number of carbonyl (C=O) groups is 1. The highest BCUT2D eigenvalue weighted by atomic mass is 35.5. The van der Waals surface area contributed by atoms with E-state index in [0.29, 0.717) is 25.0 Å². The van der Waals surface area contributed by atoms with E-state index in [2.05, 4.69) is 20.8 Å². The second-order valence-electron chi connectivity index (χ2n) is 5.97. The van der Waals surface area contributed by atoms with Crippen LogP contribution in [0.1, 0.15) is 40.5 Å². The maximum atomic E-state index is 11.8. The van der Waals surface area contributed by atoms with E-state index in [-0.39, 0.29) is 31.2 Å². The first-order chi connectivity index (χ1) is 9.45. The molecule has 0 aromatic rings. The van der Waals surface area contributed by atoms with Crippen molar-refractivity contribution in [1.29, 1.82) is 0 Å². The SMILES string of the molecule is CC[C@H]1CCOC[C@H](N)C(=O)O[C@@H](C)[C@@H]1OCC(C)C.Cl. The minimum absolute atomic E-state index is 0. The summed E-state index contributed by atoms with van der Waals surface area (Å²) in [6.07, 6.45) is 1.49. The van der Waals surface area contributed by atoms with Gasteiger partial charge < -0.3 is 19.9 Å². The van der Waals surface area contributed by atoms with Gasteiger partial charge >= 0.3 is 5.97 Å². The Labute approximate surface area is 134 Å². The van der Waals surface area contributed by atoms with Crippen LogP contribution in [-0.2, 0) is 19.0 Å². The normalized spacial score (nSPS) is 31.4. The fourth-order valence-electron chi connectivity index (χ4n) is 2.41. The summed E-state index contributed by atoms with van der Waals surface area (Å²) in [4.78, 5) is 11.8. The molecule has 1 rings (SSSR count). The largest absolute Gasteiger partial charge is 0.459 e. The average molecular weight is 324 g/mol. The van der Waals surface area contributed by atoms with Crippen LogP contribution in [0.15, 0.2) is 0 Å². The van der Waals surface area contributed by atoms with Gasteiger partial charge in [0.2, 0.25) is 0 Å². The molecule has 4 atom stereocenters. The van der Waals surface area contributed by atoms with Crippen LogP contribution in [0.2, 0.25) is 0 Å². The van der Waals surface area contributed by atoms with E-state index in [1.54, 1.807) is 0 Å². The van der Waals surface area contributed by atoms with Gasteiger partial charge in [0.25, 0.3) is 0 Å². The third kappa shape index (κ3) is 6.96. The molecule has 1 aliphatic rings. The molecule has 1 aliphatic heterocycles. The molecule has 0 saturated carbocycles. The predicted molar refractivity (Wildman–Crippen MR) is 84.6 cm³/mol. The zero-order chi connectivity index (χ0) is 15.1. The molecule has 6 heteroatoms. The molecule has 5 nitrogen and oxygen atoms in total. The molecule has 2 N–H and O–H groups in total. The van der Waals surface area contributed by atoms with Gasteiger partial charge in [0, 0.05) is 13.2 Å². The van der Waals surface area contributed by atoms with Gasteiger partial charge in [-0.2, -0.15) is 0 Å². The number of ether oxygens (including phenoxy) is 3. The highest BCUT2D eigenvalue weighted by Crippen LogP contribution is 2.23. The average Bonchev–Trinajstić information content (AvgIpc) is 2.39. The quantitative estimate of drug-likeness (QED) is 0.803. The first kappa shape index (κ1) is 20.6. The molecule has 0 amide bonds. The van der Waals surface area contributed by atoms with E-state index < -0.39 is 12.0 Å². The van der Waals surface area contributed by atoms with Crippen LogP contribution in [-0.4, -0.2) is 44.0 Å². The summed E-state index contributed by atoms with van der Waals surface area (Å²) in [7, 11) is 0. The van der Waals surface area contributed by atoms with Crippen molar-refractivity contribution in [2.75, 3.05) is 19.8 Å². The van der Waals surface area contributed by atoms with Gasteiger partial charge in [-0.05, 0) is 25.2 Å². The fourth-order valence-corrected chi connectivity index (χ4v) is 2.41. The minimum atomic E-state index is -0.707. The zero-order valence-electron chi connectivity index (χ0n) is 13.5. The number of halogens is 1. The van der Waals surface area contributed by atoms with Crippen molar-refractivity contribution in [3.63, 3.8) is 0 Å². The first-order valence-electron chi connectivity index (χ1n) is 7.61. The molecule has 1 saturated heterocycles. The maximum absolute atomic E-state index is 11.8. The summed E-state index contributed by atoms with van der Waals surface area (Å²) < 4.78 is 16.9. The molecule has 21 heavy (non-hydrogen) atoms. The van der Waals surface area contributed by atoms with Crippen LogP contribution in [0.5, 0.6) is 0 Å². The van der Waals surface area contributed by atoms with E-state index in [1.807, 2.05) is 6.92 Å². The highest BCUT2D eigenvalue weighted by molar-refractivity contribution is 5.85. The monoisotopic (exact) mass is 323 g/mol. The van der Waals surface area contributed by atoms with Gasteiger partial charge in [0.15, 0.2) is 0 Å². The summed E-state index contributed by atoms with van der Waals surface area (Å²) in [5.41, 5.74) is 5.72. The second-order valence-corrected chi connectivity index (χ2v) is 5.97. The van der Waals surface area contributed by atoms with Crippen LogP contribution in [0.25, 0.3) is 0 Å². The molecule has 1 heterocycles. The summed E-state index contributed by atoms with van der Waals surface area (Å²) in [6.45, 7) is 9.72. The lowest BCUT2D eigenvalue weighted by Gasteiger charge is -2.33. The Kier molecular flexibility index (Phi) is 10.2. The van der Waals surface area contributed by atoms with Gasteiger partial charge in [-0.15, -0.1) is 12.4 Å². The fraction of sp³-hybridized carbons (Fsp3) is 0.933. The Morgan fingerprint density at radius 1 is 1.43 bits per heavy atom. The Balaban J connectivity index is 0.00000400. The lowest BCUT2D eigenvalue weighted by Crippen LogP contribution is -2.45. The topological polar surface area (TPSA) is 70.8 Å². The van der Waals surface area contributed by atoms with Crippen LogP contribution < -0.4 is 5.73 Å². The van der Waals surface area contributed by atoms with Gasteiger partial charge in [-0.1, -0.05) is 27.2 Å². The predicted octanol–water partition coefficient (Wildman–Crippen LogP) is 2.15. The van der Waals surface area contributed by atoms with Gasteiger partial charge in [0.05, 0.1) is 12.7 Å². The molecule has 0 unspecified atom stereocenters. The summed E-state index contributed by atoms with van der Waals surface area (Å²) >= 11 is 0. The van der Waals surface area contributed by atoms with Crippen LogP contribution in [0, 0.1) is 11.8 Å². The van der Waals surface area contributed by atoms with E-state index in [1.165, 1.54) is 0 Å². The summed E-state index contributed by atoms with van der Waals surface area (Å²) in [5, 5.41) is 0. The molecular weight excluding hydrogens is 294 g/mol. The third-order valence-electron chi connectivity index (χ3n) is 3.61. The van der Waals surface area contributed by atoms with E-state index in [9.17, 15) is 4.79 Å². The molecule has 0 spiro atoms. The van der Waals surface area contributed by atoms with Crippen molar-refractivity contribution < 1.29 is 19.0 Å². The Hall–Kier alpha value is -0.360. The van der Waals surface area contributed by atoms with E-state index in [0.717, 1.165) is 12.8 Å². The minimum Gasteiger partial charge on any atom is -0.459 e. The molecule has 0 bridgehead atoms. The zero-order valence-corrected chi connectivity index (χ0v) is 14.4. The van der Waals surface area contributed by atoms with E-state index in [4.69, 9.17) is 19.9 Å². The van der Waals surface area contributed by atoms with Crippen molar-refractivity contribution in [2.24, 2.45) is 17.6 Å². The number of esters is 1. The lowest BCUT2D eigenvalue weighted by molar-refractivity contribution is -0.165. The van der Waals surface area contributed by atoms with Crippen LogP contribution >= 0.6 is 12.4 Å². The standard InChI is InChI=1S/C15H29NO4.ClH/c1-5-12-6-7-18-9-13(16)15(17)20-11(4)14(12)19-8-10(2)3;/h10-14H,5-9,16H2,1-4H3;1H/t11-,12-,13-,14-;/m0./s1. The number of carbonyl (C=O) groups excluding carboxylic acids is 1. The Morgan fingerprint density at radius 3 is 2.67 bits per heavy atom. The van der Waals surface area contributed by atoms with Crippen LogP contribution in [0.4, 0.5) is 0 Å². The number of cyclic esters (lactones) is 1.